The zero-order chi connectivity index (χ0) is 16.1. The van der Waals surface area contributed by atoms with E-state index in [0.29, 0.717) is 5.75 Å². The normalized spacial score (nSPS) is 13.3. The van der Waals surface area contributed by atoms with Crippen LogP contribution in [-0.2, 0) is 4.79 Å². The van der Waals surface area contributed by atoms with Gasteiger partial charge in [-0.2, -0.15) is 0 Å². The first-order valence-corrected chi connectivity index (χ1v) is 7.56. The van der Waals surface area contributed by atoms with Gasteiger partial charge in [-0.3, -0.25) is 4.79 Å². The highest BCUT2D eigenvalue weighted by atomic mass is 16.5. The van der Waals surface area contributed by atoms with E-state index in [1.807, 2.05) is 69.3 Å². The SMILES string of the molecule is Cc1ccc([C@@H](C)NC(=O)[C@H](C)Oc2cccc(C)c2)cc1. The minimum absolute atomic E-state index is 0.0448. The molecule has 0 unspecified atom stereocenters. The van der Waals surface area contributed by atoms with E-state index in [0.717, 1.165) is 11.1 Å². The maximum absolute atomic E-state index is 12.2. The van der Waals surface area contributed by atoms with Crippen molar-refractivity contribution in [2.45, 2.75) is 39.8 Å². The molecule has 0 saturated carbocycles. The Balaban J connectivity index is 1.94. The lowest BCUT2D eigenvalue weighted by Gasteiger charge is -2.19. The van der Waals surface area contributed by atoms with E-state index in [-0.39, 0.29) is 11.9 Å². The summed E-state index contributed by atoms with van der Waals surface area (Å²) in [6, 6.07) is 15.8. The van der Waals surface area contributed by atoms with Crippen molar-refractivity contribution in [2.24, 2.45) is 0 Å². The predicted molar refractivity (Wildman–Crippen MR) is 89.0 cm³/mol. The van der Waals surface area contributed by atoms with Crippen LogP contribution in [0.1, 0.15) is 36.6 Å². The molecule has 0 aliphatic heterocycles. The van der Waals surface area contributed by atoms with Gasteiger partial charge in [-0.15, -0.1) is 0 Å². The van der Waals surface area contributed by atoms with Crippen LogP contribution in [0.15, 0.2) is 48.5 Å². The minimum Gasteiger partial charge on any atom is -0.481 e. The number of carbonyl (C=O) groups excluding carboxylic acids is 1. The molecule has 0 heterocycles. The average Bonchev–Trinajstić information content (AvgIpc) is 2.47. The topological polar surface area (TPSA) is 38.3 Å². The second kappa shape index (κ2) is 7.12. The summed E-state index contributed by atoms with van der Waals surface area (Å²) >= 11 is 0. The number of aryl methyl sites for hydroxylation is 2. The molecule has 0 bridgehead atoms. The summed E-state index contributed by atoms with van der Waals surface area (Å²) in [6.45, 7) is 7.78. The van der Waals surface area contributed by atoms with Gasteiger partial charge in [-0.1, -0.05) is 42.0 Å². The van der Waals surface area contributed by atoms with E-state index in [9.17, 15) is 4.79 Å². The summed E-state index contributed by atoms with van der Waals surface area (Å²) in [5, 5.41) is 2.99. The largest absolute Gasteiger partial charge is 0.481 e. The van der Waals surface area contributed by atoms with Gasteiger partial charge in [0.25, 0.3) is 5.91 Å². The number of benzene rings is 2. The zero-order valence-corrected chi connectivity index (χ0v) is 13.6. The molecule has 0 fully saturated rings. The quantitative estimate of drug-likeness (QED) is 0.907. The molecule has 2 rings (SSSR count). The number of hydrogen-bond acceptors (Lipinski definition) is 2. The maximum atomic E-state index is 12.2. The molecular formula is C19H23NO2. The first kappa shape index (κ1) is 16.1. The van der Waals surface area contributed by atoms with Crippen LogP contribution < -0.4 is 10.1 Å². The Morgan fingerprint density at radius 2 is 1.68 bits per heavy atom. The summed E-state index contributed by atoms with van der Waals surface area (Å²) < 4.78 is 5.70. The van der Waals surface area contributed by atoms with Crippen LogP contribution in [0.25, 0.3) is 0 Å². The predicted octanol–water partition coefficient (Wildman–Crippen LogP) is 3.95. The lowest BCUT2D eigenvalue weighted by atomic mass is 10.1. The van der Waals surface area contributed by atoms with Crippen LogP contribution in [0.5, 0.6) is 5.75 Å². The van der Waals surface area contributed by atoms with Crippen LogP contribution >= 0.6 is 0 Å². The van der Waals surface area contributed by atoms with Crippen molar-refractivity contribution in [1.29, 1.82) is 0 Å². The third-order valence-electron chi connectivity index (χ3n) is 3.61. The first-order chi connectivity index (χ1) is 10.5. The molecule has 0 radical (unpaired) electrons. The Labute approximate surface area is 132 Å². The molecule has 0 aromatic heterocycles. The molecular weight excluding hydrogens is 274 g/mol. The fraction of sp³-hybridized carbons (Fsp3) is 0.316. The molecule has 3 nitrogen and oxygen atoms in total. The molecule has 116 valence electrons. The molecule has 2 atom stereocenters. The highest BCUT2D eigenvalue weighted by Crippen LogP contribution is 2.16. The van der Waals surface area contributed by atoms with E-state index in [2.05, 4.69) is 5.32 Å². The molecule has 2 aromatic carbocycles. The minimum atomic E-state index is -0.533. The van der Waals surface area contributed by atoms with Gasteiger partial charge < -0.3 is 10.1 Å². The molecule has 1 N–H and O–H groups in total. The molecule has 22 heavy (non-hydrogen) atoms. The van der Waals surface area contributed by atoms with Crippen molar-refractivity contribution in [1.82, 2.24) is 5.32 Å². The van der Waals surface area contributed by atoms with E-state index in [1.54, 1.807) is 6.92 Å². The van der Waals surface area contributed by atoms with Crippen molar-refractivity contribution >= 4 is 5.91 Å². The third kappa shape index (κ3) is 4.35. The number of rotatable bonds is 5. The highest BCUT2D eigenvalue weighted by Gasteiger charge is 2.17. The van der Waals surface area contributed by atoms with Gasteiger partial charge in [0.1, 0.15) is 5.75 Å². The van der Waals surface area contributed by atoms with Gasteiger partial charge in [-0.05, 0) is 51.0 Å². The molecule has 0 aliphatic carbocycles. The summed E-state index contributed by atoms with van der Waals surface area (Å²) in [7, 11) is 0. The Bertz CT molecular complexity index is 634. The number of carbonyl (C=O) groups is 1. The van der Waals surface area contributed by atoms with Crippen molar-refractivity contribution in [2.75, 3.05) is 0 Å². The van der Waals surface area contributed by atoms with Crippen molar-refractivity contribution in [3.8, 4) is 5.75 Å². The fourth-order valence-electron chi connectivity index (χ4n) is 2.22. The van der Waals surface area contributed by atoms with E-state index >= 15 is 0 Å². The number of amides is 1. The first-order valence-electron chi connectivity index (χ1n) is 7.56. The van der Waals surface area contributed by atoms with Crippen LogP contribution in [-0.4, -0.2) is 12.0 Å². The highest BCUT2D eigenvalue weighted by molar-refractivity contribution is 5.81. The second-order valence-corrected chi connectivity index (χ2v) is 5.72. The second-order valence-electron chi connectivity index (χ2n) is 5.72. The molecule has 1 amide bonds. The zero-order valence-electron chi connectivity index (χ0n) is 13.6. The third-order valence-corrected chi connectivity index (χ3v) is 3.61. The Morgan fingerprint density at radius 1 is 1.00 bits per heavy atom. The maximum Gasteiger partial charge on any atom is 0.261 e. The van der Waals surface area contributed by atoms with Crippen molar-refractivity contribution in [3.05, 3.63) is 65.2 Å². The van der Waals surface area contributed by atoms with Gasteiger partial charge in [0.05, 0.1) is 6.04 Å². The average molecular weight is 297 g/mol. The Morgan fingerprint density at radius 3 is 2.32 bits per heavy atom. The van der Waals surface area contributed by atoms with E-state index in [4.69, 9.17) is 4.74 Å². The van der Waals surface area contributed by atoms with Crippen LogP contribution in [0, 0.1) is 13.8 Å². The van der Waals surface area contributed by atoms with Gasteiger partial charge in [0.15, 0.2) is 6.10 Å². The van der Waals surface area contributed by atoms with E-state index < -0.39 is 6.10 Å². The molecule has 2 aromatic rings. The Kier molecular flexibility index (Phi) is 5.21. The Hall–Kier alpha value is -2.29. The molecule has 0 spiro atoms. The summed E-state index contributed by atoms with van der Waals surface area (Å²) in [5.41, 5.74) is 3.40. The van der Waals surface area contributed by atoms with Gasteiger partial charge in [-0.25, -0.2) is 0 Å². The van der Waals surface area contributed by atoms with Crippen LogP contribution in [0.2, 0.25) is 0 Å². The standard InChI is InChI=1S/C19H23NO2/c1-13-8-10-17(11-9-13)15(3)20-19(21)16(4)22-18-7-5-6-14(2)12-18/h5-12,15-16H,1-4H3,(H,20,21)/t15-,16+/m1/s1. The monoisotopic (exact) mass is 297 g/mol. The van der Waals surface area contributed by atoms with Gasteiger partial charge >= 0.3 is 0 Å². The van der Waals surface area contributed by atoms with Crippen LogP contribution in [0.4, 0.5) is 0 Å². The van der Waals surface area contributed by atoms with Crippen LogP contribution in [0.3, 0.4) is 0 Å². The molecule has 0 aliphatic rings. The molecule has 3 heteroatoms. The summed E-state index contributed by atoms with van der Waals surface area (Å²) in [4.78, 5) is 12.2. The van der Waals surface area contributed by atoms with Crippen molar-refractivity contribution < 1.29 is 9.53 Å². The van der Waals surface area contributed by atoms with E-state index in [1.165, 1.54) is 5.56 Å². The summed E-state index contributed by atoms with van der Waals surface area (Å²) in [5.74, 6) is 0.597. The van der Waals surface area contributed by atoms with Gasteiger partial charge in [0.2, 0.25) is 0 Å². The lowest BCUT2D eigenvalue weighted by molar-refractivity contribution is -0.127. The number of nitrogens with one attached hydrogen (secondary N) is 1. The summed E-state index contributed by atoms with van der Waals surface area (Å²) in [6.07, 6.45) is -0.533. The smallest absolute Gasteiger partial charge is 0.261 e. The number of ether oxygens (including phenoxy) is 1. The lowest BCUT2D eigenvalue weighted by Crippen LogP contribution is -2.37. The number of hydrogen-bond donors (Lipinski definition) is 1. The fourth-order valence-corrected chi connectivity index (χ4v) is 2.22. The van der Waals surface area contributed by atoms with Gasteiger partial charge in [0, 0.05) is 0 Å². The van der Waals surface area contributed by atoms with Crippen molar-refractivity contribution in [3.63, 3.8) is 0 Å². The molecule has 0 saturated heterocycles.